The number of sulfonamides is 1. The third kappa shape index (κ3) is 3.23. The van der Waals surface area contributed by atoms with Crippen LogP contribution in [0.25, 0.3) is 0 Å². The number of aryl methyl sites for hydroxylation is 1. The number of benzene rings is 1. The van der Waals surface area contributed by atoms with E-state index in [2.05, 4.69) is 0 Å². The molecule has 1 aliphatic heterocycles. The van der Waals surface area contributed by atoms with Gasteiger partial charge in [0, 0.05) is 12.6 Å². The van der Waals surface area contributed by atoms with Crippen LogP contribution in [-0.4, -0.2) is 49.4 Å². The fraction of sp³-hybridized carbons (Fsp3) is 0.500. The van der Waals surface area contributed by atoms with E-state index < -0.39 is 28.0 Å². The second-order valence-electron chi connectivity index (χ2n) is 4.71. The van der Waals surface area contributed by atoms with Crippen molar-refractivity contribution in [2.75, 3.05) is 19.3 Å². The summed E-state index contributed by atoms with van der Waals surface area (Å²) in [7, 11) is -3.36. The van der Waals surface area contributed by atoms with Crippen molar-refractivity contribution in [2.45, 2.75) is 19.1 Å². The number of nitrogens with zero attached hydrogens (tertiary/aromatic N) is 1. The number of halogens is 1. The first-order valence-electron chi connectivity index (χ1n) is 5.83. The summed E-state index contributed by atoms with van der Waals surface area (Å²) >= 11 is 0. The molecule has 7 heteroatoms. The average Bonchev–Trinajstić information content (AvgIpc) is 2.65. The second-order valence-corrected chi connectivity index (χ2v) is 6.70. The molecule has 1 N–H and O–H groups in total. The Morgan fingerprint density at radius 3 is 2.68 bits per heavy atom. The van der Waals surface area contributed by atoms with Crippen LogP contribution in [0.4, 0.5) is 4.39 Å². The van der Waals surface area contributed by atoms with Gasteiger partial charge in [0.2, 0.25) is 10.0 Å². The number of aliphatic hydroxyl groups excluding tert-OH is 1. The maximum Gasteiger partial charge on any atom is 0.211 e. The molecule has 1 saturated heterocycles. The Bertz CT molecular complexity index is 575. The summed E-state index contributed by atoms with van der Waals surface area (Å²) in [4.78, 5) is 0. The van der Waals surface area contributed by atoms with E-state index in [0.29, 0.717) is 5.75 Å². The van der Waals surface area contributed by atoms with Crippen molar-refractivity contribution in [1.29, 1.82) is 0 Å². The number of aliphatic hydroxyl groups is 1. The van der Waals surface area contributed by atoms with Crippen LogP contribution in [-0.2, 0) is 10.0 Å². The van der Waals surface area contributed by atoms with Gasteiger partial charge in [-0.1, -0.05) is 6.07 Å². The minimum atomic E-state index is -3.36. The van der Waals surface area contributed by atoms with E-state index in [4.69, 9.17) is 4.74 Å². The van der Waals surface area contributed by atoms with E-state index in [9.17, 15) is 17.9 Å². The highest BCUT2D eigenvalue weighted by Gasteiger charge is 2.37. The van der Waals surface area contributed by atoms with Gasteiger partial charge in [0.05, 0.1) is 12.8 Å². The van der Waals surface area contributed by atoms with Gasteiger partial charge in [0.25, 0.3) is 0 Å². The van der Waals surface area contributed by atoms with E-state index in [-0.39, 0.29) is 13.1 Å². The lowest BCUT2D eigenvalue weighted by Gasteiger charge is -2.18. The largest absolute Gasteiger partial charge is 0.486 e. The molecule has 1 aromatic carbocycles. The SMILES string of the molecule is Cc1ccc(F)cc1O[C@H]1CN(S(C)(=O)=O)C[C@@H]1O. The van der Waals surface area contributed by atoms with Crippen LogP contribution in [0.5, 0.6) is 5.75 Å². The molecule has 0 saturated carbocycles. The van der Waals surface area contributed by atoms with Gasteiger partial charge in [-0.05, 0) is 18.6 Å². The zero-order chi connectivity index (χ0) is 14.2. The van der Waals surface area contributed by atoms with Gasteiger partial charge in [0.1, 0.15) is 23.8 Å². The topological polar surface area (TPSA) is 66.8 Å². The van der Waals surface area contributed by atoms with Gasteiger partial charge in [-0.3, -0.25) is 0 Å². The fourth-order valence-corrected chi connectivity index (χ4v) is 2.81. The summed E-state index contributed by atoms with van der Waals surface area (Å²) in [6, 6.07) is 4.11. The Morgan fingerprint density at radius 2 is 2.11 bits per heavy atom. The minimum absolute atomic E-state index is 0.00212. The zero-order valence-electron chi connectivity index (χ0n) is 10.7. The van der Waals surface area contributed by atoms with Gasteiger partial charge in [-0.2, -0.15) is 4.31 Å². The van der Waals surface area contributed by atoms with Crippen LogP contribution >= 0.6 is 0 Å². The Hall–Kier alpha value is -1.18. The molecule has 0 spiro atoms. The predicted octanol–water partition coefficient (Wildman–Crippen LogP) is 0.518. The summed E-state index contributed by atoms with van der Waals surface area (Å²) in [5.41, 5.74) is 0.728. The van der Waals surface area contributed by atoms with Gasteiger partial charge < -0.3 is 9.84 Å². The maximum absolute atomic E-state index is 13.1. The van der Waals surface area contributed by atoms with E-state index in [1.807, 2.05) is 0 Å². The third-order valence-electron chi connectivity index (χ3n) is 3.10. The first kappa shape index (κ1) is 14.2. The first-order valence-corrected chi connectivity index (χ1v) is 7.68. The molecule has 1 fully saturated rings. The quantitative estimate of drug-likeness (QED) is 0.881. The molecule has 2 rings (SSSR count). The zero-order valence-corrected chi connectivity index (χ0v) is 11.5. The Kier molecular flexibility index (Phi) is 3.80. The first-order chi connectivity index (χ1) is 8.77. The van der Waals surface area contributed by atoms with Crippen molar-refractivity contribution in [1.82, 2.24) is 4.31 Å². The molecule has 0 bridgehead atoms. The van der Waals surface area contributed by atoms with E-state index >= 15 is 0 Å². The Labute approximate surface area is 111 Å². The summed E-state index contributed by atoms with van der Waals surface area (Å²) < 4.78 is 42.6. The molecule has 0 amide bonds. The van der Waals surface area contributed by atoms with Crippen molar-refractivity contribution < 1.29 is 22.7 Å². The summed E-state index contributed by atoms with van der Waals surface area (Å²) in [6.45, 7) is 1.82. The van der Waals surface area contributed by atoms with Gasteiger partial charge in [0.15, 0.2) is 0 Å². The molecule has 2 atom stereocenters. The molecule has 5 nitrogen and oxygen atoms in total. The molecule has 19 heavy (non-hydrogen) atoms. The number of ether oxygens (including phenoxy) is 1. The van der Waals surface area contributed by atoms with Gasteiger partial charge in [-0.15, -0.1) is 0 Å². The molecule has 1 heterocycles. The van der Waals surface area contributed by atoms with Crippen LogP contribution in [0.15, 0.2) is 18.2 Å². The van der Waals surface area contributed by atoms with Gasteiger partial charge in [-0.25, -0.2) is 12.8 Å². The van der Waals surface area contributed by atoms with Gasteiger partial charge >= 0.3 is 0 Å². The Morgan fingerprint density at radius 1 is 1.42 bits per heavy atom. The molecule has 1 aliphatic rings. The second kappa shape index (κ2) is 5.07. The van der Waals surface area contributed by atoms with Crippen molar-refractivity contribution in [3.63, 3.8) is 0 Å². The summed E-state index contributed by atoms with van der Waals surface area (Å²) in [5.74, 6) is -0.118. The highest BCUT2D eigenvalue weighted by atomic mass is 32.2. The number of β-amino-alcohol motifs (C(OH)–C–C–N with tert-alkyl or cyclic N) is 1. The van der Waals surface area contributed by atoms with E-state index in [1.165, 1.54) is 12.1 Å². The fourth-order valence-electron chi connectivity index (χ4n) is 1.97. The van der Waals surface area contributed by atoms with Crippen LogP contribution in [0, 0.1) is 12.7 Å². The molecular formula is C12H16FNO4S. The molecule has 106 valence electrons. The van der Waals surface area contributed by atoms with Crippen LogP contribution in [0.1, 0.15) is 5.56 Å². The number of rotatable bonds is 3. The molecular weight excluding hydrogens is 273 g/mol. The van der Waals surface area contributed by atoms with Crippen molar-refractivity contribution in [3.05, 3.63) is 29.6 Å². The van der Waals surface area contributed by atoms with E-state index in [1.54, 1.807) is 13.0 Å². The smallest absolute Gasteiger partial charge is 0.211 e. The highest BCUT2D eigenvalue weighted by molar-refractivity contribution is 7.88. The summed E-state index contributed by atoms with van der Waals surface area (Å²) in [5, 5.41) is 9.82. The number of hydrogen-bond acceptors (Lipinski definition) is 4. The van der Waals surface area contributed by atoms with Crippen LogP contribution in [0.3, 0.4) is 0 Å². The molecule has 0 aliphatic carbocycles. The average molecular weight is 289 g/mol. The standard InChI is InChI=1S/C12H16FNO4S/c1-8-3-4-9(13)5-11(8)18-12-7-14(6-10(12)15)19(2,16)17/h3-5,10,12,15H,6-7H2,1-2H3/t10-,12-/m0/s1. The van der Waals surface area contributed by atoms with Crippen LogP contribution < -0.4 is 4.74 Å². The monoisotopic (exact) mass is 289 g/mol. The predicted molar refractivity (Wildman–Crippen MR) is 68.0 cm³/mol. The maximum atomic E-state index is 13.1. The van der Waals surface area contributed by atoms with Crippen molar-refractivity contribution in [3.8, 4) is 5.75 Å². The van der Waals surface area contributed by atoms with E-state index in [0.717, 1.165) is 16.1 Å². The lowest BCUT2D eigenvalue weighted by atomic mass is 10.2. The highest BCUT2D eigenvalue weighted by Crippen LogP contribution is 2.24. The summed E-state index contributed by atoms with van der Waals surface area (Å²) in [6.07, 6.45) is -0.525. The molecule has 0 unspecified atom stereocenters. The van der Waals surface area contributed by atoms with Crippen molar-refractivity contribution >= 4 is 10.0 Å². The minimum Gasteiger partial charge on any atom is -0.486 e. The number of hydrogen-bond donors (Lipinski definition) is 1. The van der Waals surface area contributed by atoms with Crippen LogP contribution in [0.2, 0.25) is 0 Å². The van der Waals surface area contributed by atoms with Crippen molar-refractivity contribution in [2.24, 2.45) is 0 Å². The normalized spacial score (nSPS) is 24.6. The Balaban J connectivity index is 2.14. The lowest BCUT2D eigenvalue weighted by Crippen LogP contribution is -2.31. The molecule has 0 radical (unpaired) electrons. The molecule has 0 aromatic heterocycles. The lowest BCUT2D eigenvalue weighted by molar-refractivity contribution is 0.0730. The molecule has 1 aromatic rings. The third-order valence-corrected chi connectivity index (χ3v) is 4.34.